The highest BCUT2D eigenvalue weighted by Crippen LogP contribution is 2.10. The molecule has 0 aliphatic rings. The Kier molecular flexibility index (Phi) is 4.86. The van der Waals surface area contributed by atoms with Gasteiger partial charge in [-0.05, 0) is 26.0 Å². The third kappa shape index (κ3) is 3.51. The topological polar surface area (TPSA) is 34.0 Å². The average Bonchev–Trinajstić information content (AvgIpc) is 2.85. The number of nitrogens with zero attached hydrogens (tertiary/aromatic N) is 4. The summed E-state index contributed by atoms with van der Waals surface area (Å²) in [6.07, 6.45) is 8.45. The molecule has 4 heteroatoms. The Bertz CT molecular complexity index is 554. The maximum absolute atomic E-state index is 4.23. The number of hydrogen-bond donors (Lipinski definition) is 0. The molecule has 19 heavy (non-hydrogen) atoms. The molecular formula is C15H20N4. The lowest BCUT2D eigenvalue weighted by Gasteiger charge is -2.18. The van der Waals surface area contributed by atoms with E-state index in [-0.39, 0.29) is 0 Å². The molecule has 0 saturated heterocycles. The Hall–Kier alpha value is -1.94. The summed E-state index contributed by atoms with van der Waals surface area (Å²) < 4.78 is 1.95. The summed E-state index contributed by atoms with van der Waals surface area (Å²) in [6.45, 7) is 6.65. The van der Waals surface area contributed by atoms with Gasteiger partial charge in [-0.15, -0.1) is 5.10 Å². The van der Waals surface area contributed by atoms with Gasteiger partial charge in [0.05, 0.1) is 12.2 Å². The number of rotatable bonds is 6. The molecule has 2 aromatic rings. The van der Waals surface area contributed by atoms with Crippen LogP contribution >= 0.6 is 0 Å². The van der Waals surface area contributed by atoms with Gasteiger partial charge in [0.25, 0.3) is 0 Å². The molecule has 4 nitrogen and oxygen atoms in total. The second-order valence-electron chi connectivity index (χ2n) is 4.39. The summed E-state index contributed by atoms with van der Waals surface area (Å²) in [5.41, 5.74) is 2.02. The van der Waals surface area contributed by atoms with Crippen LogP contribution in [0.15, 0.2) is 48.6 Å². The predicted molar refractivity (Wildman–Crippen MR) is 78.7 cm³/mol. The van der Waals surface area contributed by atoms with Crippen molar-refractivity contribution >= 4 is 11.0 Å². The van der Waals surface area contributed by atoms with Crippen molar-refractivity contribution in [3.8, 4) is 0 Å². The molecule has 0 aliphatic heterocycles. The number of benzene rings is 1. The fourth-order valence-corrected chi connectivity index (χ4v) is 1.91. The van der Waals surface area contributed by atoms with Crippen molar-refractivity contribution in [2.45, 2.75) is 20.5 Å². The van der Waals surface area contributed by atoms with Gasteiger partial charge in [-0.2, -0.15) is 0 Å². The second-order valence-corrected chi connectivity index (χ2v) is 4.39. The van der Waals surface area contributed by atoms with E-state index in [0.29, 0.717) is 0 Å². The van der Waals surface area contributed by atoms with Crippen molar-refractivity contribution in [3.63, 3.8) is 0 Å². The molecule has 1 heterocycles. The summed E-state index contributed by atoms with van der Waals surface area (Å²) in [4.78, 5) is 2.31. The van der Waals surface area contributed by atoms with Gasteiger partial charge in [0.2, 0.25) is 0 Å². The molecule has 0 bridgehead atoms. The van der Waals surface area contributed by atoms with Gasteiger partial charge in [0.15, 0.2) is 0 Å². The molecule has 0 amide bonds. The molecule has 0 spiro atoms. The lowest BCUT2D eigenvalue weighted by Crippen LogP contribution is -2.27. The number of aromatic nitrogens is 3. The van der Waals surface area contributed by atoms with E-state index < -0.39 is 0 Å². The van der Waals surface area contributed by atoms with Crippen molar-refractivity contribution in [1.82, 2.24) is 19.9 Å². The zero-order valence-electron chi connectivity index (χ0n) is 11.5. The zero-order valence-corrected chi connectivity index (χ0v) is 11.5. The van der Waals surface area contributed by atoms with Gasteiger partial charge >= 0.3 is 0 Å². The summed E-state index contributed by atoms with van der Waals surface area (Å²) in [5.74, 6) is 0. The Morgan fingerprint density at radius 2 is 1.79 bits per heavy atom. The van der Waals surface area contributed by atoms with Crippen LogP contribution in [-0.2, 0) is 6.67 Å². The first-order chi connectivity index (χ1) is 9.35. The molecule has 0 unspecified atom stereocenters. The minimum Gasteiger partial charge on any atom is -0.277 e. The van der Waals surface area contributed by atoms with Crippen molar-refractivity contribution in [2.24, 2.45) is 0 Å². The Labute approximate surface area is 114 Å². The van der Waals surface area contributed by atoms with Crippen LogP contribution in [0, 0.1) is 0 Å². The number of hydrogen-bond acceptors (Lipinski definition) is 3. The Morgan fingerprint density at radius 1 is 1.11 bits per heavy atom. The monoisotopic (exact) mass is 256 g/mol. The third-order valence-electron chi connectivity index (χ3n) is 2.95. The van der Waals surface area contributed by atoms with Gasteiger partial charge in [0, 0.05) is 13.1 Å². The van der Waals surface area contributed by atoms with E-state index in [9.17, 15) is 0 Å². The molecule has 1 aromatic carbocycles. The minimum atomic E-state index is 0.745. The van der Waals surface area contributed by atoms with E-state index in [1.807, 2.05) is 36.7 Å². The van der Waals surface area contributed by atoms with E-state index in [2.05, 4.69) is 45.6 Å². The number of fused-ring (bicyclic) bond motifs is 1. The van der Waals surface area contributed by atoms with Gasteiger partial charge < -0.3 is 0 Å². The minimum absolute atomic E-state index is 0.745. The van der Waals surface area contributed by atoms with Crippen LogP contribution in [0.3, 0.4) is 0 Å². The molecule has 2 rings (SSSR count). The van der Waals surface area contributed by atoms with E-state index in [1.165, 1.54) is 0 Å². The molecule has 1 aromatic heterocycles. The maximum Gasteiger partial charge on any atom is 0.113 e. The smallest absolute Gasteiger partial charge is 0.113 e. The SMILES string of the molecule is CC=CCN(CC=CC)Cn1nnc2ccccc21. The molecule has 0 fully saturated rings. The first kappa shape index (κ1) is 13.5. The highest BCUT2D eigenvalue weighted by molar-refractivity contribution is 5.73. The third-order valence-corrected chi connectivity index (χ3v) is 2.95. The number of allylic oxidation sites excluding steroid dienone is 2. The zero-order chi connectivity index (χ0) is 13.5. The van der Waals surface area contributed by atoms with Crippen LogP contribution in [0.5, 0.6) is 0 Å². The molecule has 0 saturated carbocycles. The van der Waals surface area contributed by atoms with Gasteiger partial charge in [-0.25, -0.2) is 4.68 Å². The van der Waals surface area contributed by atoms with E-state index in [0.717, 1.165) is 30.8 Å². The van der Waals surface area contributed by atoms with Gasteiger partial charge in [-0.1, -0.05) is 41.7 Å². The summed E-state index contributed by atoms with van der Waals surface area (Å²) >= 11 is 0. The summed E-state index contributed by atoms with van der Waals surface area (Å²) in [5, 5.41) is 8.41. The first-order valence-electron chi connectivity index (χ1n) is 6.58. The van der Waals surface area contributed by atoms with E-state index in [4.69, 9.17) is 0 Å². The predicted octanol–water partition coefficient (Wildman–Crippen LogP) is 2.84. The molecule has 0 aliphatic carbocycles. The fourth-order valence-electron chi connectivity index (χ4n) is 1.91. The second kappa shape index (κ2) is 6.85. The van der Waals surface area contributed by atoms with Crippen molar-refractivity contribution < 1.29 is 0 Å². The Balaban J connectivity index is 2.15. The molecule has 0 N–H and O–H groups in total. The van der Waals surface area contributed by atoms with Crippen molar-refractivity contribution in [1.29, 1.82) is 0 Å². The lowest BCUT2D eigenvalue weighted by molar-refractivity contribution is 0.254. The fraction of sp³-hybridized carbons (Fsp3) is 0.333. The van der Waals surface area contributed by atoms with Crippen LogP contribution in [-0.4, -0.2) is 33.0 Å². The van der Waals surface area contributed by atoms with Crippen LogP contribution in [0.25, 0.3) is 11.0 Å². The summed E-state index contributed by atoms with van der Waals surface area (Å²) in [7, 11) is 0. The highest BCUT2D eigenvalue weighted by Gasteiger charge is 2.07. The standard InChI is InChI=1S/C15H20N4/c1-3-5-11-18(12-6-4-2)13-19-15-10-8-7-9-14(15)16-17-19/h3-10H,11-13H2,1-2H3. The van der Waals surface area contributed by atoms with Crippen LogP contribution in [0.4, 0.5) is 0 Å². The van der Waals surface area contributed by atoms with E-state index in [1.54, 1.807) is 0 Å². The highest BCUT2D eigenvalue weighted by atomic mass is 15.5. The Morgan fingerprint density at radius 3 is 2.47 bits per heavy atom. The van der Waals surface area contributed by atoms with Crippen molar-refractivity contribution in [3.05, 3.63) is 48.6 Å². The van der Waals surface area contributed by atoms with Crippen LogP contribution < -0.4 is 0 Å². The largest absolute Gasteiger partial charge is 0.277 e. The number of para-hydroxylation sites is 1. The van der Waals surface area contributed by atoms with E-state index >= 15 is 0 Å². The quantitative estimate of drug-likeness (QED) is 0.745. The molecule has 100 valence electrons. The normalized spacial score (nSPS) is 12.4. The first-order valence-corrected chi connectivity index (χ1v) is 6.58. The van der Waals surface area contributed by atoms with Gasteiger partial charge in [-0.3, -0.25) is 4.90 Å². The summed E-state index contributed by atoms with van der Waals surface area (Å²) in [6, 6.07) is 8.04. The molecular weight excluding hydrogens is 236 g/mol. The maximum atomic E-state index is 4.23. The van der Waals surface area contributed by atoms with Crippen LogP contribution in [0.1, 0.15) is 13.8 Å². The van der Waals surface area contributed by atoms with Gasteiger partial charge in [0.1, 0.15) is 5.52 Å². The van der Waals surface area contributed by atoms with Crippen LogP contribution in [0.2, 0.25) is 0 Å². The molecule has 0 atom stereocenters. The average molecular weight is 256 g/mol. The lowest BCUT2D eigenvalue weighted by atomic mass is 10.3. The molecule has 0 radical (unpaired) electrons. The van der Waals surface area contributed by atoms with Crippen molar-refractivity contribution in [2.75, 3.05) is 13.1 Å².